The first-order valence-electron chi connectivity index (χ1n) is 10.7. The van der Waals surface area contributed by atoms with E-state index >= 15 is 0 Å². The molecule has 33 heavy (non-hydrogen) atoms. The van der Waals surface area contributed by atoms with Gasteiger partial charge in [-0.25, -0.2) is 0 Å². The number of β-lactam (4-membered cyclic amide) rings is 1. The van der Waals surface area contributed by atoms with Gasteiger partial charge in [0.15, 0.2) is 0 Å². The van der Waals surface area contributed by atoms with Crippen molar-refractivity contribution in [1.82, 2.24) is 15.5 Å². The highest BCUT2D eigenvalue weighted by Crippen LogP contribution is 2.50. The van der Waals surface area contributed by atoms with Crippen LogP contribution in [-0.4, -0.2) is 51.1 Å². The number of nitrogens with zero attached hydrogens (tertiary/aromatic N) is 1. The Morgan fingerprint density at radius 2 is 1.61 bits per heavy atom. The van der Waals surface area contributed by atoms with Crippen molar-refractivity contribution in [3.05, 3.63) is 71.8 Å². The Balaban J connectivity index is 1.51. The fourth-order valence-electron chi connectivity index (χ4n) is 4.21. The molecule has 2 aliphatic heterocycles. The van der Waals surface area contributed by atoms with Gasteiger partial charge in [0.05, 0.1) is 0 Å². The molecular weight excluding hydrogens is 440 g/mol. The number of rotatable bonds is 7. The van der Waals surface area contributed by atoms with E-state index in [-0.39, 0.29) is 11.3 Å². The number of hydrogen-bond acceptors (Lipinski definition) is 6. The number of nitrogens with one attached hydrogen (secondary N) is 2. The molecule has 5 unspecified atom stereocenters. The first-order valence-corrected chi connectivity index (χ1v) is 11.5. The molecule has 0 aliphatic carbocycles. The zero-order valence-corrected chi connectivity index (χ0v) is 19.1. The minimum atomic E-state index is -1.03. The van der Waals surface area contributed by atoms with Crippen LogP contribution in [0.3, 0.4) is 0 Å². The van der Waals surface area contributed by atoms with E-state index in [1.54, 1.807) is 54.6 Å². The molecule has 2 aliphatic rings. The number of aldehydes is 1. The van der Waals surface area contributed by atoms with Gasteiger partial charge in [0, 0.05) is 4.75 Å². The van der Waals surface area contributed by atoms with E-state index < -0.39 is 40.7 Å². The Morgan fingerprint density at radius 1 is 1.03 bits per heavy atom. The Bertz CT molecular complexity index is 1060. The Morgan fingerprint density at radius 3 is 2.18 bits per heavy atom. The van der Waals surface area contributed by atoms with Crippen molar-refractivity contribution in [2.45, 2.75) is 48.1 Å². The maximum atomic E-state index is 13.3. The van der Waals surface area contributed by atoms with Crippen molar-refractivity contribution in [1.29, 1.82) is 0 Å². The maximum Gasteiger partial charge on any atom is 0.249 e. The largest absolute Gasteiger partial charge is 0.340 e. The topological polar surface area (TPSA) is 122 Å². The van der Waals surface area contributed by atoms with Crippen LogP contribution in [0.25, 0.3) is 0 Å². The smallest absolute Gasteiger partial charge is 0.249 e. The van der Waals surface area contributed by atoms with E-state index in [2.05, 4.69) is 10.6 Å². The number of hydrogen-bond donors (Lipinski definition) is 3. The first-order chi connectivity index (χ1) is 15.7. The molecule has 4 N–H and O–H groups in total. The summed E-state index contributed by atoms with van der Waals surface area (Å²) in [6, 6.07) is 14.4. The predicted molar refractivity (Wildman–Crippen MR) is 125 cm³/mol. The lowest BCUT2D eigenvalue weighted by molar-refractivity contribution is -0.153. The summed E-state index contributed by atoms with van der Waals surface area (Å²) in [7, 11) is 0. The van der Waals surface area contributed by atoms with E-state index in [0.717, 1.165) is 6.29 Å². The van der Waals surface area contributed by atoms with E-state index in [9.17, 15) is 19.2 Å². The molecule has 3 amide bonds. The third-order valence-electron chi connectivity index (χ3n) is 6.07. The van der Waals surface area contributed by atoms with Crippen LogP contribution in [0.2, 0.25) is 0 Å². The van der Waals surface area contributed by atoms with Gasteiger partial charge in [0.2, 0.25) is 17.7 Å². The van der Waals surface area contributed by atoms with Crippen LogP contribution < -0.4 is 16.4 Å². The lowest BCUT2D eigenvalue weighted by Crippen LogP contribution is -2.70. The molecule has 0 spiro atoms. The van der Waals surface area contributed by atoms with Gasteiger partial charge in [0.25, 0.3) is 0 Å². The second-order valence-electron chi connectivity index (χ2n) is 8.67. The molecule has 0 bridgehead atoms. The molecule has 172 valence electrons. The summed E-state index contributed by atoms with van der Waals surface area (Å²) in [5.41, 5.74) is 7.30. The molecule has 2 aromatic carbocycles. The Kier molecular flexibility index (Phi) is 6.27. The van der Waals surface area contributed by atoms with Crippen LogP contribution in [0.5, 0.6) is 0 Å². The molecule has 0 saturated carbocycles. The zero-order chi connectivity index (χ0) is 23.8. The lowest BCUT2D eigenvalue weighted by atomic mass is 9.96. The molecule has 2 fully saturated rings. The highest BCUT2D eigenvalue weighted by molar-refractivity contribution is 8.01. The van der Waals surface area contributed by atoms with Gasteiger partial charge in [-0.3, -0.25) is 14.4 Å². The van der Waals surface area contributed by atoms with Gasteiger partial charge in [-0.05, 0) is 25.0 Å². The number of thioether (sulfide) groups is 1. The Labute approximate surface area is 196 Å². The number of carbonyl (C=O) groups excluding carboxylic acids is 4. The minimum Gasteiger partial charge on any atom is -0.340 e. The molecular formula is C24H26N4O4S. The van der Waals surface area contributed by atoms with Crippen LogP contribution in [0.15, 0.2) is 60.7 Å². The molecule has 9 heteroatoms. The van der Waals surface area contributed by atoms with Crippen LogP contribution in [0, 0.1) is 0 Å². The fourth-order valence-corrected chi connectivity index (χ4v) is 5.81. The van der Waals surface area contributed by atoms with Crippen molar-refractivity contribution in [2.24, 2.45) is 5.73 Å². The second kappa shape index (κ2) is 8.99. The quantitative estimate of drug-likeness (QED) is 0.418. The molecule has 8 nitrogen and oxygen atoms in total. The van der Waals surface area contributed by atoms with Crippen LogP contribution >= 0.6 is 11.8 Å². The van der Waals surface area contributed by atoms with Crippen molar-refractivity contribution >= 4 is 35.8 Å². The van der Waals surface area contributed by atoms with Crippen molar-refractivity contribution in [3.63, 3.8) is 0 Å². The molecule has 4 rings (SSSR count). The second-order valence-corrected chi connectivity index (χ2v) is 10.4. The summed E-state index contributed by atoms with van der Waals surface area (Å²) in [6.45, 7) is 3.80. The highest BCUT2D eigenvalue weighted by atomic mass is 32.2. The van der Waals surface area contributed by atoms with Gasteiger partial charge < -0.3 is 26.1 Å². The maximum absolute atomic E-state index is 13.3. The number of nitrogens with two attached hydrogens (primary N) is 1. The molecule has 0 radical (unpaired) electrons. The standard InChI is InChI=1S/C24H26N4O4S/c1-24(2)16(13-29)28-22(32)19(23(28)33-24)27-21(31)18(15-11-7-4-8-12-15)26-20(30)17(25)14-9-5-3-6-10-14/h3-13,16-19,23H,25H2,1-2H3,(H,26,30)(H,27,31). The first kappa shape index (κ1) is 23.0. The van der Waals surface area contributed by atoms with E-state index in [4.69, 9.17) is 5.73 Å². The molecule has 2 aromatic rings. The van der Waals surface area contributed by atoms with Gasteiger partial charge >= 0.3 is 0 Å². The number of amides is 3. The molecule has 0 aromatic heterocycles. The summed E-state index contributed by atoms with van der Waals surface area (Å²) < 4.78 is -0.447. The lowest BCUT2D eigenvalue weighted by Gasteiger charge is -2.43. The summed E-state index contributed by atoms with van der Waals surface area (Å²) in [5, 5.41) is 5.18. The monoisotopic (exact) mass is 466 g/mol. The third kappa shape index (κ3) is 4.26. The summed E-state index contributed by atoms with van der Waals surface area (Å²) in [5.74, 6) is -1.33. The summed E-state index contributed by atoms with van der Waals surface area (Å²) in [6.07, 6.45) is 0.779. The predicted octanol–water partition coefficient (Wildman–Crippen LogP) is 1.29. The van der Waals surface area contributed by atoms with Crippen LogP contribution in [0.4, 0.5) is 0 Å². The van der Waals surface area contributed by atoms with Crippen molar-refractivity contribution in [2.75, 3.05) is 0 Å². The molecule has 5 atom stereocenters. The van der Waals surface area contributed by atoms with Crippen LogP contribution in [0.1, 0.15) is 37.1 Å². The number of benzene rings is 2. The van der Waals surface area contributed by atoms with Crippen LogP contribution in [-0.2, 0) is 19.2 Å². The van der Waals surface area contributed by atoms with Gasteiger partial charge in [-0.1, -0.05) is 60.7 Å². The summed E-state index contributed by atoms with van der Waals surface area (Å²) >= 11 is 1.48. The van der Waals surface area contributed by atoms with E-state index in [1.807, 2.05) is 19.9 Å². The summed E-state index contributed by atoms with van der Waals surface area (Å²) in [4.78, 5) is 51.9. The highest BCUT2D eigenvalue weighted by Gasteiger charge is 2.62. The van der Waals surface area contributed by atoms with Crippen molar-refractivity contribution in [3.8, 4) is 0 Å². The minimum absolute atomic E-state index is 0.303. The number of carbonyl (C=O) groups is 4. The average molecular weight is 467 g/mol. The third-order valence-corrected chi connectivity index (χ3v) is 7.66. The van der Waals surface area contributed by atoms with Crippen molar-refractivity contribution < 1.29 is 19.2 Å². The number of fused-ring (bicyclic) bond motifs is 1. The van der Waals surface area contributed by atoms with E-state index in [0.29, 0.717) is 11.1 Å². The van der Waals surface area contributed by atoms with Gasteiger partial charge in [-0.2, -0.15) is 0 Å². The van der Waals surface area contributed by atoms with E-state index in [1.165, 1.54) is 16.7 Å². The molecule has 2 saturated heterocycles. The average Bonchev–Trinajstić information content (AvgIpc) is 3.08. The normalized spacial score (nSPS) is 24.8. The van der Waals surface area contributed by atoms with Gasteiger partial charge in [-0.15, -0.1) is 11.8 Å². The molecule has 2 heterocycles. The van der Waals surface area contributed by atoms with Gasteiger partial charge in [0.1, 0.15) is 35.8 Å². The fraction of sp³-hybridized carbons (Fsp3) is 0.333. The SMILES string of the molecule is CC1(C)SC2C(NC(=O)C(NC(=O)C(N)c3ccccc3)c3ccccc3)C(=O)N2C1C=O. The Hall–Kier alpha value is -3.17. The zero-order valence-electron chi connectivity index (χ0n) is 18.3.